The summed E-state index contributed by atoms with van der Waals surface area (Å²) >= 11 is 1.66. The first-order valence-electron chi connectivity index (χ1n) is 5.09. The van der Waals surface area contributed by atoms with Crippen LogP contribution in [-0.2, 0) is 6.54 Å². The van der Waals surface area contributed by atoms with Crippen LogP contribution in [0.4, 0.5) is 0 Å². The number of hydrogen-bond acceptors (Lipinski definition) is 4. The van der Waals surface area contributed by atoms with Gasteiger partial charge in [-0.25, -0.2) is 4.98 Å². The summed E-state index contributed by atoms with van der Waals surface area (Å²) < 4.78 is 0. The van der Waals surface area contributed by atoms with E-state index in [9.17, 15) is 0 Å². The van der Waals surface area contributed by atoms with Gasteiger partial charge >= 0.3 is 0 Å². The van der Waals surface area contributed by atoms with E-state index in [4.69, 9.17) is 5.73 Å². The molecule has 0 bridgehead atoms. The highest BCUT2D eigenvalue weighted by Gasteiger charge is 2.08. The van der Waals surface area contributed by atoms with Crippen molar-refractivity contribution in [2.75, 3.05) is 13.1 Å². The van der Waals surface area contributed by atoms with E-state index in [-0.39, 0.29) is 6.04 Å². The summed E-state index contributed by atoms with van der Waals surface area (Å²) in [6.45, 7) is 9.39. The average molecular weight is 213 g/mol. The fraction of sp³-hybridized carbons (Fsp3) is 0.700. The highest BCUT2D eigenvalue weighted by Crippen LogP contribution is 2.16. The zero-order valence-electron chi connectivity index (χ0n) is 9.16. The molecule has 2 N–H and O–H groups in total. The Bertz CT molecular complexity index is 266. The molecule has 0 radical (unpaired) electrons. The second-order valence-electron chi connectivity index (χ2n) is 3.43. The summed E-state index contributed by atoms with van der Waals surface area (Å²) in [4.78, 5) is 6.84. The average Bonchev–Trinajstić information content (AvgIpc) is 2.62. The summed E-state index contributed by atoms with van der Waals surface area (Å²) in [5.41, 5.74) is 6.90. The van der Waals surface area contributed by atoms with E-state index in [0.717, 1.165) is 30.3 Å². The molecule has 0 saturated heterocycles. The maximum Gasteiger partial charge on any atom is 0.109 e. The third kappa shape index (κ3) is 3.04. The monoisotopic (exact) mass is 213 g/mol. The highest BCUT2D eigenvalue weighted by molar-refractivity contribution is 7.09. The lowest BCUT2D eigenvalue weighted by Crippen LogP contribution is -2.22. The fourth-order valence-electron chi connectivity index (χ4n) is 1.28. The molecule has 1 aromatic rings. The molecule has 1 unspecified atom stereocenters. The van der Waals surface area contributed by atoms with Gasteiger partial charge in [0.25, 0.3) is 0 Å². The number of hydrogen-bond donors (Lipinski definition) is 1. The Morgan fingerprint density at radius 3 is 2.57 bits per heavy atom. The largest absolute Gasteiger partial charge is 0.322 e. The van der Waals surface area contributed by atoms with Gasteiger partial charge in [-0.3, -0.25) is 4.90 Å². The minimum atomic E-state index is 0.0606. The van der Waals surface area contributed by atoms with Gasteiger partial charge in [-0.05, 0) is 20.0 Å². The van der Waals surface area contributed by atoms with Crippen LogP contribution < -0.4 is 5.73 Å². The molecular formula is C10H19N3S. The van der Waals surface area contributed by atoms with Crippen molar-refractivity contribution in [1.82, 2.24) is 9.88 Å². The maximum absolute atomic E-state index is 5.76. The van der Waals surface area contributed by atoms with Crippen molar-refractivity contribution in [1.29, 1.82) is 0 Å². The van der Waals surface area contributed by atoms with E-state index in [2.05, 4.69) is 29.1 Å². The molecule has 3 nitrogen and oxygen atoms in total. The van der Waals surface area contributed by atoms with Gasteiger partial charge in [-0.15, -0.1) is 11.3 Å². The predicted octanol–water partition coefficient (Wildman–Crippen LogP) is 2.00. The summed E-state index contributed by atoms with van der Waals surface area (Å²) in [7, 11) is 0. The quantitative estimate of drug-likeness (QED) is 0.813. The number of nitrogens with zero attached hydrogens (tertiary/aromatic N) is 2. The van der Waals surface area contributed by atoms with Crippen molar-refractivity contribution in [2.45, 2.75) is 33.4 Å². The molecule has 0 fully saturated rings. The molecule has 0 aliphatic heterocycles. The molecule has 80 valence electrons. The van der Waals surface area contributed by atoms with Gasteiger partial charge in [0.05, 0.1) is 11.7 Å². The molecular weight excluding hydrogens is 194 g/mol. The molecule has 14 heavy (non-hydrogen) atoms. The van der Waals surface area contributed by atoms with E-state index < -0.39 is 0 Å². The van der Waals surface area contributed by atoms with Crippen LogP contribution in [0.2, 0.25) is 0 Å². The van der Waals surface area contributed by atoms with Gasteiger partial charge in [0.2, 0.25) is 0 Å². The normalized spacial score (nSPS) is 13.5. The van der Waals surface area contributed by atoms with Crippen LogP contribution in [0.25, 0.3) is 0 Å². The SMILES string of the molecule is CCN(CC)Cc1csc(C(C)N)n1. The number of thiazole rings is 1. The Balaban J connectivity index is 2.58. The van der Waals surface area contributed by atoms with Gasteiger partial charge in [0.1, 0.15) is 5.01 Å². The minimum absolute atomic E-state index is 0.0606. The molecule has 1 rings (SSSR count). The van der Waals surface area contributed by atoms with Gasteiger partial charge in [0.15, 0.2) is 0 Å². The van der Waals surface area contributed by atoms with Crippen molar-refractivity contribution < 1.29 is 0 Å². The molecule has 0 spiro atoms. The standard InChI is InChI=1S/C10H19N3S/c1-4-13(5-2)6-9-7-14-10(12-9)8(3)11/h7-8H,4-6,11H2,1-3H3. The zero-order valence-corrected chi connectivity index (χ0v) is 9.97. The van der Waals surface area contributed by atoms with E-state index in [0.29, 0.717) is 0 Å². The van der Waals surface area contributed by atoms with Crippen molar-refractivity contribution in [2.24, 2.45) is 5.73 Å². The maximum atomic E-state index is 5.76. The molecule has 4 heteroatoms. The topological polar surface area (TPSA) is 42.1 Å². The summed E-state index contributed by atoms with van der Waals surface area (Å²) in [6.07, 6.45) is 0. The zero-order chi connectivity index (χ0) is 10.6. The van der Waals surface area contributed by atoms with Gasteiger partial charge in [-0.1, -0.05) is 13.8 Å². The molecule has 1 heterocycles. The Labute approximate surface area is 89.9 Å². The second kappa shape index (κ2) is 5.44. The predicted molar refractivity (Wildman–Crippen MR) is 61.3 cm³/mol. The van der Waals surface area contributed by atoms with Gasteiger partial charge in [0, 0.05) is 11.9 Å². The van der Waals surface area contributed by atoms with Crippen LogP contribution in [0.15, 0.2) is 5.38 Å². The first-order chi connectivity index (χ1) is 6.67. The van der Waals surface area contributed by atoms with Crippen molar-refractivity contribution in [3.8, 4) is 0 Å². The fourth-order valence-corrected chi connectivity index (χ4v) is 2.05. The van der Waals surface area contributed by atoms with Crippen LogP contribution in [0, 0.1) is 0 Å². The first kappa shape index (κ1) is 11.6. The van der Waals surface area contributed by atoms with Gasteiger partial charge < -0.3 is 5.73 Å². The second-order valence-corrected chi connectivity index (χ2v) is 4.32. The summed E-state index contributed by atoms with van der Waals surface area (Å²) in [5, 5.41) is 3.14. The summed E-state index contributed by atoms with van der Waals surface area (Å²) in [5.74, 6) is 0. The third-order valence-corrected chi connectivity index (χ3v) is 3.33. The molecule has 0 aliphatic rings. The Morgan fingerprint density at radius 2 is 2.14 bits per heavy atom. The van der Waals surface area contributed by atoms with Gasteiger partial charge in [-0.2, -0.15) is 0 Å². The third-order valence-electron chi connectivity index (χ3n) is 2.24. The number of rotatable bonds is 5. The lowest BCUT2D eigenvalue weighted by atomic mass is 10.4. The first-order valence-corrected chi connectivity index (χ1v) is 5.97. The van der Waals surface area contributed by atoms with Crippen LogP contribution in [0.3, 0.4) is 0 Å². The van der Waals surface area contributed by atoms with Crippen LogP contribution in [0.5, 0.6) is 0 Å². The van der Waals surface area contributed by atoms with Crippen molar-refractivity contribution in [3.63, 3.8) is 0 Å². The van der Waals surface area contributed by atoms with Crippen LogP contribution in [0.1, 0.15) is 37.5 Å². The molecule has 0 aliphatic carbocycles. The lowest BCUT2D eigenvalue weighted by Gasteiger charge is -2.15. The molecule has 1 aromatic heterocycles. The Hall–Kier alpha value is -0.450. The van der Waals surface area contributed by atoms with E-state index in [1.807, 2.05) is 6.92 Å². The van der Waals surface area contributed by atoms with Crippen molar-refractivity contribution >= 4 is 11.3 Å². The van der Waals surface area contributed by atoms with Crippen molar-refractivity contribution in [3.05, 3.63) is 16.1 Å². The smallest absolute Gasteiger partial charge is 0.109 e. The molecule has 1 atom stereocenters. The lowest BCUT2D eigenvalue weighted by molar-refractivity contribution is 0.292. The Kier molecular flexibility index (Phi) is 4.51. The number of nitrogens with two attached hydrogens (primary N) is 1. The minimum Gasteiger partial charge on any atom is -0.322 e. The van der Waals surface area contributed by atoms with E-state index >= 15 is 0 Å². The van der Waals surface area contributed by atoms with Crippen LogP contribution in [-0.4, -0.2) is 23.0 Å². The molecule has 0 amide bonds. The van der Waals surface area contributed by atoms with Crippen LogP contribution >= 0.6 is 11.3 Å². The Morgan fingerprint density at radius 1 is 1.50 bits per heavy atom. The van der Waals surface area contributed by atoms with E-state index in [1.165, 1.54) is 0 Å². The molecule has 0 saturated carbocycles. The number of aromatic nitrogens is 1. The summed E-state index contributed by atoms with van der Waals surface area (Å²) in [6, 6.07) is 0.0606. The highest BCUT2D eigenvalue weighted by atomic mass is 32.1. The molecule has 0 aromatic carbocycles. The van der Waals surface area contributed by atoms with E-state index in [1.54, 1.807) is 11.3 Å².